The van der Waals surface area contributed by atoms with Crippen LogP contribution >= 0.6 is 0 Å². The van der Waals surface area contributed by atoms with Gasteiger partial charge in [-0.05, 0) is 32.9 Å². The lowest BCUT2D eigenvalue weighted by atomic mass is 10.0. The molecule has 190 valence electrons. The van der Waals surface area contributed by atoms with Gasteiger partial charge in [0, 0.05) is 19.5 Å². The largest absolute Gasteiger partial charge is 0.450 e. The van der Waals surface area contributed by atoms with Gasteiger partial charge in [0.15, 0.2) is 11.6 Å². The number of carbonyl (C=O) groups excluding carboxylic acids is 4. The smallest absolute Gasteiger partial charge is 0.295 e. The Bertz CT molecular complexity index is 1000. The van der Waals surface area contributed by atoms with Gasteiger partial charge in [-0.1, -0.05) is 47.5 Å². The first-order chi connectivity index (χ1) is 14.9. The minimum atomic E-state index is -4.94. The highest BCUT2D eigenvalue weighted by molar-refractivity contribution is 6.09. The molecular formula is C23H25F7O4. The molecule has 34 heavy (non-hydrogen) atoms. The quantitative estimate of drug-likeness (QED) is 0.276. The number of hydrogen-bond donors (Lipinski definition) is 0. The van der Waals surface area contributed by atoms with Gasteiger partial charge in [0.05, 0.1) is 6.42 Å². The van der Waals surface area contributed by atoms with Crippen LogP contribution in [0.4, 0.5) is 31.0 Å². The van der Waals surface area contributed by atoms with E-state index in [-0.39, 0.29) is 17.5 Å². The second-order valence-corrected chi connectivity index (χ2v) is 6.87. The summed E-state index contributed by atoms with van der Waals surface area (Å²) >= 11 is 0. The maximum absolute atomic E-state index is 11.9. The first-order valence-electron chi connectivity index (χ1n) is 9.30. The molecule has 0 radical (unpaired) electrons. The molecule has 0 amide bonds. The lowest BCUT2D eigenvalue weighted by molar-refractivity contribution is -0.170. The summed E-state index contributed by atoms with van der Waals surface area (Å²) in [5.74, 6) is -4.46. The molecule has 0 unspecified atom stereocenters. The minimum absolute atomic E-state index is 0. The van der Waals surface area contributed by atoms with Crippen LogP contribution in [0.25, 0.3) is 0 Å². The second-order valence-electron chi connectivity index (χ2n) is 6.87. The van der Waals surface area contributed by atoms with E-state index in [4.69, 9.17) is 0 Å². The fraction of sp³-hybridized carbons (Fsp3) is 0.304. The normalized spacial score (nSPS) is 10.4. The van der Waals surface area contributed by atoms with Gasteiger partial charge in [-0.2, -0.15) is 26.3 Å². The second kappa shape index (κ2) is 14.0. The summed E-state index contributed by atoms with van der Waals surface area (Å²) in [5.41, 5.74) is 2.80. The topological polar surface area (TPSA) is 68.3 Å². The maximum atomic E-state index is 11.9. The molecule has 4 nitrogen and oxygen atoms in total. The predicted octanol–water partition coefficient (Wildman–Crippen LogP) is 6.43. The number of Topliss-reactive ketones (excluding diaryl/α,β-unsaturated/α-hetero) is 4. The molecule has 0 aliphatic heterocycles. The SMILES string of the molecule is CC(=O)C(F)(F)F.CC(=O)c1cccc(C)c1.Cc1cccc(C(=O)CC(=O)C(F)(F)F)c1.F.[3HH]. The number of rotatable bonds is 4. The highest BCUT2D eigenvalue weighted by Gasteiger charge is 2.39. The van der Waals surface area contributed by atoms with Gasteiger partial charge in [0.2, 0.25) is 11.6 Å². The van der Waals surface area contributed by atoms with Crippen LogP contribution < -0.4 is 0 Å². The van der Waals surface area contributed by atoms with Crippen molar-refractivity contribution in [3.63, 3.8) is 0 Å². The minimum Gasteiger partial charge on any atom is -0.295 e. The standard InChI is InChI=1S/C11H9F3O2.C9H10O.C3H3F3O.FH.H2/c1-7-3-2-4-8(5-7)9(15)6-10(16)11(12,13)14;1-7-4-3-5-9(6-7)8(2)10;1-2(7)3(4,5)6;;/h2-5H,6H2,1H3;3-6H,1-2H3;1H3;2*1H/i;;;;1+2. The van der Waals surface area contributed by atoms with E-state index < -0.39 is 36.1 Å². The molecule has 11 heteroatoms. The molecule has 0 fully saturated rings. The van der Waals surface area contributed by atoms with E-state index in [2.05, 4.69) is 0 Å². The third-order valence-corrected chi connectivity index (χ3v) is 3.80. The molecule has 0 aliphatic carbocycles. The van der Waals surface area contributed by atoms with E-state index in [9.17, 15) is 45.5 Å². The van der Waals surface area contributed by atoms with Crippen LogP contribution in [0.15, 0.2) is 48.5 Å². The zero-order chi connectivity index (χ0) is 26.0. The first kappa shape index (κ1) is 32.8. The van der Waals surface area contributed by atoms with Crippen molar-refractivity contribution in [1.29, 1.82) is 0 Å². The lowest BCUT2D eigenvalue weighted by Crippen LogP contribution is -2.25. The van der Waals surface area contributed by atoms with Crippen molar-refractivity contribution in [2.24, 2.45) is 0 Å². The molecule has 2 aromatic rings. The van der Waals surface area contributed by atoms with E-state index >= 15 is 0 Å². The third-order valence-electron chi connectivity index (χ3n) is 3.80. The van der Waals surface area contributed by atoms with Gasteiger partial charge in [-0.25, -0.2) is 0 Å². The predicted molar refractivity (Wildman–Crippen MR) is 114 cm³/mol. The van der Waals surface area contributed by atoms with Crippen LogP contribution in [-0.4, -0.2) is 35.5 Å². The molecule has 0 atom stereocenters. The molecule has 2 rings (SSSR count). The van der Waals surface area contributed by atoms with E-state index in [1.165, 1.54) is 12.1 Å². The average molecular weight is 500 g/mol. The Morgan fingerprint density at radius 1 is 0.735 bits per heavy atom. The third kappa shape index (κ3) is 13.2. The lowest BCUT2D eigenvalue weighted by Gasteiger charge is -2.04. The van der Waals surface area contributed by atoms with Crippen LogP contribution in [0, 0.1) is 13.8 Å². The molecule has 0 saturated heterocycles. The Morgan fingerprint density at radius 2 is 1.12 bits per heavy atom. The van der Waals surface area contributed by atoms with Gasteiger partial charge < -0.3 is 0 Å². The van der Waals surface area contributed by atoms with Crippen LogP contribution in [0.5, 0.6) is 0 Å². The number of halogens is 7. The highest BCUT2D eigenvalue weighted by Crippen LogP contribution is 2.19. The van der Waals surface area contributed by atoms with Crippen LogP contribution in [0.2, 0.25) is 0 Å². The summed E-state index contributed by atoms with van der Waals surface area (Å²) in [6, 6.07) is 13.7. The van der Waals surface area contributed by atoms with Crippen molar-refractivity contribution >= 4 is 23.1 Å². The zero-order valence-electron chi connectivity index (χ0n) is 18.6. The molecule has 0 spiro atoms. The molecular weight excluding hydrogens is 473 g/mol. The van der Waals surface area contributed by atoms with E-state index in [0.29, 0.717) is 6.92 Å². The Morgan fingerprint density at radius 3 is 1.41 bits per heavy atom. The number of hydrogen-bond acceptors (Lipinski definition) is 4. The van der Waals surface area contributed by atoms with E-state index in [0.717, 1.165) is 16.7 Å². The number of ketones is 4. The maximum Gasteiger partial charge on any atom is 0.450 e. The molecule has 2 aromatic carbocycles. The number of aryl methyl sites for hydroxylation is 2. The van der Waals surface area contributed by atoms with Gasteiger partial charge in [-0.3, -0.25) is 23.9 Å². The van der Waals surface area contributed by atoms with Crippen molar-refractivity contribution in [3.8, 4) is 0 Å². The average Bonchev–Trinajstić information content (AvgIpc) is 2.67. The summed E-state index contributed by atoms with van der Waals surface area (Å²) < 4.78 is 68.2. The monoisotopic (exact) mass is 500 g/mol. The summed E-state index contributed by atoms with van der Waals surface area (Å²) in [6.45, 7) is 5.75. The van der Waals surface area contributed by atoms with Gasteiger partial charge >= 0.3 is 12.4 Å². The summed E-state index contributed by atoms with van der Waals surface area (Å²) in [6.07, 6.45) is -10.7. The molecule has 0 aromatic heterocycles. The summed E-state index contributed by atoms with van der Waals surface area (Å²) in [4.78, 5) is 42.1. The molecule has 0 heterocycles. The van der Waals surface area contributed by atoms with Gasteiger partial charge in [-0.15, -0.1) is 0 Å². The zero-order valence-corrected chi connectivity index (χ0v) is 18.6. The van der Waals surface area contributed by atoms with Gasteiger partial charge in [0.1, 0.15) is 0 Å². The Kier molecular flexibility index (Phi) is 13.5. The number of benzene rings is 2. The van der Waals surface area contributed by atoms with Crippen molar-refractivity contribution in [1.82, 2.24) is 0 Å². The van der Waals surface area contributed by atoms with Crippen LogP contribution in [-0.2, 0) is 9.59 Å². The molecule has 0 saturated carbocycles. The van der Waals surface area contributed by atoms with Crippen molar-refractivity contribution < 1.29 is 51.7 Å². The van der Waals surface area contributed by atoms with Crippen LogP contribution in [0.3, 0.4) is 0 Å². The first-order valence-corrected chi connectivity index (χ1v) is 9.30. The fourth-order valence-corrected chi connectivity index (χ4v) is 2.03. The Hall–Kier alpha value is -3.37. The Balaban J connectivity index is -0.000000466. The highest BCUT2D eigenvalue weighted by atomic mass is 19.4. The molecule has 0 aliphatic rings. The van der Waals surface area contributed by atoms with E-state index in [1.807, 2.05) is 31.2 Å². The summed E-state index contributed by atoms with van der Waals surface area (Å²) in [5, 5.41) is 0. The van der Waals surface area contributed by atoms with Crippen molar-refractivity contribution in [2.45, 2.75) is 46.5 Å². The van der Waals surface area contributed by atoms with Crippen LogP contribution in [0.1, 0.15) is 53.5 Å². The van der Waals surface area contributed by atoms with Crippen molar-refractivity contribution in [3.05, 3.63) is 70.8 Å². The molecule has 0 bridgehead atoms. The number of alkyl halides is 6. The summed E-state index contributed by atoms with van der Waals surface area (Å²) in [7, 11) is 0. The molecule has 0 N–H and O–H groups in total. The van der Waals surface area contributed by atoms with E-state index in [1.54, 1.807) is 26.0 Å². The van der Waals surface area contributed by atoms with Gasteiger partial charge in [0.25, 0.3) is 0 Å². The number of carbonyl (C=O) groups is 4. The fourth-order valence-electron chi connectivity index (χ4n) is 2.03. The Labute approximate surface area is 192 Å². The van der Waals surface area contributed by atoms with Crippen molar-refractivity contribution in [2.75, 3.05) is 0 Å².